The molecule has 2 saturated heterocycles. The molecular formula is C17H22BF2NO3. The molecule has 0 radical (unpaired) electrons. The van der Waals surface area contributed by atoms with Crippen LogP contribution in [0.15, 0.2) is 12.1 Å². The Morgan fingerprint density at radius 3 is 2.12 bits per heavy atom. The minimum Gasteiger partial charge on any atom is -0.399 e. The van der Waals surface area contributed by atoms with Gasteiger partial charge in [0.1, 0.15) is 11.6 Å². The highest BCUT2D eigenvalue weighted by Crippen LogP contribution is 2.36. The molecule has 2 heterocycles. The fourth-order valence-corrected chi connectivity index (χ4v) is 2.97. The van der Waals surface area contributed by atoms with Crippen molar-refractivity contribution in [3.8, 4) is 0 Å². The summed E-state index contributed by atoms with van der Waals surface area (Å²) in [6.07, 6.45) is 1.78. The number of carbonyl (C=O) groups is 1. The number of rotatable bonds is 2. The van der Waals surface area contributed by atoms with E-state index in [1.807, 2.05) is 27.7 Å². The molecule has 0 atom stereocenters. The summed E-state index contributed by atoms with van der Waals surface area (Å²) in [6.45, 7) is 8.52. The molecule has 1 amide bonds. The molecule has 2 aliphatic heterocycles. The van der Waals surface area contributed by atoms with Crippen molar-refractivity contribution in [2.45, 2.75) is 51.7 Å². The van der Waals surface area contributed by atoms with Crippen LogP contribution in [0.4, 0.5) is 8.78 Å². The summed E-state index contributed by atoms with van der Waals surface area (Å²) in [4.78, 5) is 13.9. The van der Waals surface area contributed by atoms with E-state index in [1.54, 1.807) is 4.90 Å². The van der Waals surface area contributed by atoms with E-state index in [1.165, 1.54) is 0 Å². The molecule has 0 aliphatic carbocycles. The van der Waals surface area contributed by atoms with Crippen molar-refractivity contribution < 1.29 is 22.9 Å². The van der Waals surface area contributed by atoms with Gasteiger partial charge in [-0.05, 0) is 52.7 Å². The van der Waals surface area contributed by atoms with E-state index in [4.69, 9.17) is 9.31 Å². The number of nitrogens with zero attached hydrogens (tertiary/aromatic N) is 1. The zero-order chi connectivity index (χ0) is 17.7. The third-order valence-corrected chi connectivity index (χ3v) is 5.22. The predicted octanol–water partition coefficient (Wildman–Crippen LogP) is 2.50. The second-order valence-electron chi connectivity index (χ2n) is 7.44. The highest BCUT2D eigenvalue weighted by atomic mass is 19.1. The molecule has 3 rings (SSSR count). The standard InChI is InChI=1S/C17H22BF2NO3/c1-16(2)17(3,4)24-18(23-16)12-10-13(19)11(9-14(12)20)15(22)21-7-5-6-8-21/h9-10H,5-8H2,1-4H3. The second-order valence-corrected chi connectivity index (χ2v) is 7.44. The average Bonchev–Trinajstić information content (AvgIpc) is 3.07. The predicted molar refractivity (Wildman–Crippen MR) is 87.2 cm³/mol. The Morgan fingerprint density at radius 2 is 1.58 bits per heavy atom. The first-order valence-corrected chi connectivity index (χ1v) is 8.26. The van der Waals surface area contributed by atoms with Crippen LogP contribution in [0, 0.1) is 11.6 Å². The zero-order valence-electron chi connectivity index (χ0n) is 14.5. The second kappa shape index (κ2) is 5.81. The minimum atomic E-state index is -1.000. The smallest absolute Gasteiger partial charge is 0.399 e. The van der Waals surface area contributed by atoms with Gasteiger partial charge in [0, 0.05) is 18.6 Å². The Hall–Kier alpha value is -1.47. The Balaban J connectivity index is 1.90. The summed E-state index contributed by atoms with van der Waals surface area (Å²) in [5.74, 6) is -1.92. The Kier molecular flexibility index (Phi) is 4.20. The molecule has 24 heavy (non-hydrogen) atoms. The van der Waals surface area contributed by atoms with Gasteiger partial charge in [0.05, 0.1) is 16.8 Å². The van der Waals surface area contributed by atoms with Gasteiger partial charge in [-0.2, -0.15) is 0 Å². The number of amides is 1. The summed E-state index contributed by atoms with van der Waals surface area (Å²) in [6, 6.07) is 1.97. The van der Waals surface area contributed by atoms with Crippen molar-refractivity contribution >= 4 is 18.5 Å². The number of hydrogen-bond acceptors (Lipinski definition) is 3. The van der Waals surface area contributed by atoms with E-state index in [2.05, 4.69) is 0 Å². The molecule has 0 spiro atoms. The van der Waals surface area contributed by atoms with Crippen molar-refractivity contribution in [2.75, 3.05) is 13.1 Å². The molecule has 1 aromatic carbocycles. The number of benzene rings is 1. The maximum Gasteiger partial charge on any atom is 0.497 e. The maximum atomic E-state index is 14.5. The molecule has 2 fully saturated rings. The van der Waals surface area contributed by atoms with Crippen LogP contribution in [0.25, 0.3) is 0 Å². The van der Waals surface area contributed by atoms with E-state index < -0.39 is 35.9 Å². The molecule has 1 aromatic rings. The van der Waals surface area contributed by atoms with Gasteiger partial charge in [0.25, 0.3) is 5.91 Å². The van der Waals surface area contributed by atoms with Crippen LogP contribution in [0.3, 0.4) is 0 Å². The average molecular weight is 337 g/mol. The molecule has 7 heteroatoms. The SMILES string of the molecule is CC1(C)OB(c2cc(F)c(C(=O)N3CCCC3)cc2F)OC1(C)C. The van der Waals surface area contributed by atoms with Gasteiger partial charge in [0.15, 0.2) is 0 Å². The Labute approximate surface area is 141 Å². The first-order chi connectivity index (χ1) is 11.1. The van der Waals surface area contributed by atoms with Crippen LogP contribution in [-0.2, 0) is 9.31 Å². The summed E-state index contributed by atoms with van der Waals surface area (Å²) < 4.78 is 40.5. The fraction of sp³-hybridized carbons (Fsp3) is 0.588. The van der Waals surface area contributed by atoms with Gasteiger partial charge < -0.3 is 14.2 Å². The van der Waals surface area contributed by atoms with Crippen molar-refractivity contribution in [1.82, 2.24) is 4.90 Å². The lowest BCUT2D eigenvalue weighted by Gasteiger charge is -2.32. The number of halogens is 2. The van der Waals surface area contributed by atoms with Crippen molar-refractivity contribution in [3.63, 3.8) is 0 Å². The lowest BCUT2D eigenvalue weighted by Crippen LogP contribution is -2.41. The van der Waals surface area contributed by atoms with Gasteiger partial charge in [-0.3, -0.25) is 4.79 Å². The van der Waals surface area contributed by atoms with E-state index in [0.29, 0.717) is 13.1 Å². The van der Waals surface area contributed by atoms with Crippen LogP contribution in [0.5, 0.6) is 0 Å². The molecule has 0 unspecified atom stereocenters. The third kappa shape index (κ3) is 2.84. The highest BCUT2D eigenvalue weighted by Gasteiger charge is 2.52. The summed E-state index contributed by atoms with van der Waals surface area (Å²) >= 11 is 0. The number of likely N-dealkylation sites (tertiary alicyclic amines) is 1. The quantitative estimate of drug-likeness (QED) is 0.779. The molecule has 0 saturated carbocycles. The molecule has 0 aromatic heterocycles. The van der Waals surface area contributed by atoms with Gasteiger partial charge in [-0.1, -0.05) is 0 Å². The molecule has 0 N–H and O–H groups in total. The molecular weight excluding hydrogens is 315 g/mol. The largest absolute Gasteiger partial charge is 0.497 e. The van der Waals surface area contributed by atoms with Crippen LogP contribution in [-0.4, -0.2) is 42.2 Å². The summed E-state index contributed by atoms with van der Waals surface area (Å²) in [5, 5.41) is 0. The fourth-order valence-electron chi connectivity index (χ4n) is 2.97. The van der Waals surface area contributed by atoms with Gasteiger partial charge in [-0.25, -0.2) is 8.78 Å². The molecule has 0 bridgehead atoms. The first kappa shape index (κ1) is 17.4. The van der Waals surface area contributed by atoms with Crippen LogP contribution >= 0.6 is 0 Å². The lowest BCUT2D eigenvalue weighted by atomic mass is 9.78. The summed E-state index contributed by atoms with van der Waals surface area (Å²) in [5.41, 5.74) is -1.56. The summed E-state index contributed by atoms with van der Waals surface area (Å²) in [7, 11) is -1.000. The van der Waals surface area contributed by atoms with Gasteiger partial charge in [-0.15, -0.1) is 0 Å². The van der Waals surface area contributed by atoms with Crippen molar-refractivity contribution in [3.05, 3.63) is 29.3 Å². The molecule has 130 valence electrons. The zero-order valence-corrected chi connectivity index (χ0v) is 14.5. The van der Waals surface area contributed by atoms with Gasteiger partial charge in [0.2, 0.25) is 0 Å². The normalized spacial score (nSPS) is 22.2. The molecule has 2 aliphatic rings. The van der Waals surface area contributed by atoms with Crippen LogP contribution in [0.1, 0.15) is 50.9 Å². The maximum absolute atomic E-state index is 14.5. The Morgan fingerprint density at radius 1 is 1.04 bits per heavy atom. The van der Waals surface area contributed by atoms with E-state index >= 15 is 0 Å². The van der Waals surface area contributed by atoms with Crippen LogP contribution < -0.4 is 5.46 Å². The van der Waals surface area contributed by atoms with E-state index in [-0.39, 0.29) is 11.0 Å². The van der Waals surface area contributed by atoms with E-state index in [9.17, 15) is 13.6 Å². The van der Waals surface area contributed by atoms with E-state index in [0.717, 1.165) is 25.0 Å². The highest BCUT2D eigenvalue weighted by molar-refractivity contribution is 6.62. The van der Waals surface area contributed by atoms with Gasteiger partial charge >= 0.3 is 7.12 Å². The topological polar surface area (TPSA) is 38.8 Å². The minimum absolute atomic E-state index is 0.0240. The first-order valence-electron chi connectivity index (χ1n) is 8.26. The van der Waals surface area contributed by atoms with Crippen LogP contribution in [0.2, 0.25) is 0 Å². The lowest BCUT2D eigenvalue weighted by molar-refractivity contribution is 0.00578. The molecule has 4 nitrogen and oxygen atoms in total. The number of hydrogen-bond donors (Lipinski definition) is 0. The van der Waals surface area contributed by atoms with Crippen molar-refractivity contribution in [2.24, 2.45) is 0 Å². The number of carbonyl (C=O) groups excluding carboxylic acids is 1. The van der Waals surface area contributed by atoms with Crippen molar-refractivity contribution in [1.29, 1.82) is 0 Å². The Bertz CT molecular complexity index is 656. The monoisotopic (exact) mass is 337 g/mol. The third-order valence-electron chi connectivity index (χ3n) is 5.22.